The van der Waals surface area contributed by atoms with Crippen LogP contribution in [0.1, 0.15) is 22.5 Å². The van der Waals surface area contributed by atoms with E-state index in [9.17, 15) is 4.79 Å². The van der Waals surface area contributed by atoms with Crippen molar-refractivity contribution in [2.75, 3.05) is 28.4 Å². The van der Waals surface area contributed by atoms with Crippen LogP contribution in [-0.2, 0) is 45.4 Å². The van der Waals surface area contributed by atoms with Crippen molar-refractivity contribution in [2.24, 2.45) is 0 Å². The Labute approximate surface area is 112 Å². The molecule has 1 rings (SSSR count). The third-order valence-electron chi connectivity index (χ3n) is 2.67. The first-order chi connectivity index (χ1) is 9.19. The third kappa shape index (κ3) is 3.87. The predicted octanol–water partition coefficient (Wildman–Crippen LogP) is 1.23. The molecule has 6 nitrogen and oxygen atoms in total. The molecule has 0 N–H and O–H groups in total. The van der Waals surface area contributed by atoms with Crippen LogP contribution in [0.25, 0.3) is 0 Å². The number of hydrogen-bond acceptors (Lipinski definition) is 6. The van der Waals surface area contributed by atoms with E-state index >= 15 is 0 Å². The highest BCUT2D eigenvalue weighted by Gasteiger charge is 2.19. The highest BCUT2D eigenvalue weighted by molar-refractivity contribution is 5.34. The van der Waals surface area contributed by atoms with Gasteiger partial charge < -0.3 is 23.4 Å². The van der Waals surface area contributed by atoms with E-state index in [0.717, 1.165) is 11.1 Å². The molecule has 0 aliphatic carbocycles. The van der Waals surface area contributed by atoms with Crippen molar-refractivity contribution in [3.63, 3.8) is 0 Å². The Balaban J connectivity index is 3.40. The van der Waals surface area contributed by atoms with Gasteiger partial charge >= 0.3 is 5.63 Å². The molecule has 19 heavy (non-hydrogen) atoms. The minimum absolute atomic E-state index is 0.172. The minimum Gasteiger partial charge on any atom is -0.425 e. The Bertz CT molecular complexity index is 451. The third-order valence-corrected chi connectivity index (χ3v) is 2.67. The fourth-order valence-corrected chi connectivity index (χ4v) is 1.88. The van der Waals surface area contributed by atoms with Crippen LogP contribution < -0.4 is 5.63 Å². The van der Waals surface area contributed by atoms with Gasteiger partial charge in [-0.2, -0.15) is 0 Å². The van der Waals surface area contributed by atoms with Gasteiger partial charge in [-0.1, -0.05) is 0 Å². The molecule has 0 spiro atoms. The maximum absolute atomic E-state index is 12.0. The van der Waals surface area contributed by atoms with Crippen molar-refractivity contribution in [3.8, 4) is 0 Å². The summed E-state index contributed by atoms with van der Waals surface area (Å²) < 4.78 is 25.7. The van der Waals surface area contributed by atoms with Crippen LogP contribution in [0.15, 0.2) is 9.21 Å². The summed E-state index contributed by atoms with van der Waals surface area (Å²) in [6.45, 7) is 0.987. The van der Waals surface area contributed by atoms with Gasteiger partial charge in [-0.3, -0.25) is 0 Å². The van der Waals surface area contributed by atoms with E-state index in [1.165, 1.54) is 14.2 Å². The first-order valence-corrected chi connectivity index (χ1v) is 5.81. The summed E-state index contributed by atoms with van der Waals surface area (Å²) in [5.41, 5.74) is 1.55. The average Bonchev–Trinajstić information content (AvgIpc) is 2.38. The van der Waals surface area contributed by atoms with E-state index < -0.39 is 5.63 Å². The van der Waals surface area contributed by atoms with E-state index in [1.807, 2.05) is 0 Å². The fourth-order valence-electron chi connectivity index (χ4n) is 1.88. The van der Waals surface area contributed by atoms with Gasteiger partial charge in [0.15, 0.2) is 0 Å². The molecule has 0 atom stereocenters. The van der Waals surface area contributed by atoms with Crippen LogP contribution in [-0.4, -0.2) is 28.4 Å². The Morgan fingerprint density at radius 2 is 1.21 bits per heavy atom. The van der Waals surface area contributed by atoms with Crippen LogP contribution in [0.2, 0.25) is 0 Å². The molecule has 1 aromatic rings. The number of hydrogen-bond donors (Lipinski definition) is 0. The van der Waals surface area contributed by atoms with Gasteiger partial charge in [0.2, 0.25) is 0 Å². The predicted molar refractivity (Wildman–Crippen MR) is 67.8 cm³/mol. The summed E-state index contributed by atoms with van der Waals surface area (Å²) in [5.74, 6) is 0.459. The van der Waals surface area contributed by atoms with Crippen LogP contribution in [0.3, 0.4) is 0 Å². The minimum atomic E-state index is -0.430. The second-order valence-electron chi connectivity index (χ2n) is 3.98. The molecule has 0 aliphatic heterocycles. The fraction of sp³-hybridized carbons (Fsp3) is 0.615. The lowest BCUT2D eigenvalue weighted by atomic mass is 10.0. The SMILES string of the molecule is COCc1oc(=O)c(COC)c(COC)c1COC. The van der Waals surface area contributed by atoms with Crippen LogP contribution in [0, 0.1) is 0 Å². The summed E-state index contributed by atoms with van der Waals surface area (Å²) >= 11 is 0. The van der Waals surface area contributed by atoms with Crippen molar-refractivity contribution in [2.45, 2.75) is 26.4 Å². The van der Waals surface area contributed by atoms with E-state index in [4.69, 9.17) is 23.4 Å². The molecular formula is C13H20O6. The van der Waals surface area contributed by atoms with E-state index in [1.54, 1.807) is 14.2 Å². The molecule has 6 heteroatoms. The molecule has 0 saturated heterocycles. The Morgan fingerprint density at radius 3 is 1.74 bits per heavy atom. The van der Waals surface area contributed by atoms with Crippen LogP contribution in [0.4, 0.5) is 0 Å². The van der Waals surface area contributed by atoms with Crippen molar-refractivity contribution in [1.29, 1.82) is 0 Å². The van der Waals surface area contributed by atoms with Crippen molar-refractivity contribution >= 4 is 0 Å². The van der Waals surface area contributed by atoms with Crippen LogP contribution >= 0.6 is 0 Å². The zero-order chi connectivity index (χ0) is 14.3. The lowest BCUT2D eigenvalue weighted by Gasteiger charge is -2.15. The second kappa shape index (κ2) is 8.06. The summed E-state index contributed by atoms with van der Waals surface area (Å²) in [4.78, 5) is 12.0. The van der Waals surface area contributed by atoms with Gasteiger partial charge in [0.05, 0.1) is 25.4 Å². The molecule has 0 saturated carbocycles. The standard InChI is InChI=1S/C13H20O6/c1-15-5-9-10(6-16-2)12(8-18-4)19-13(14)11(9)7-17-3/h5-8H2,1-4H3. The van der Waals surface area contributed by atoms with E-state index in [2.05, 4.69) is 0 Å². The summed E-state index contributed by atoms with van der Waals surface area (Å²) in [6, 6.07) is 0. The molecule has 0 aliphatic rings. The molecule has 0 bridgehead atoms. The first kappa shape index (κ1) is 15.8. The lowest BCUT2D eigenvalue weighted by Crippen LogP contribution is -2.18. The summed E-state index contributed by atoms with van der Waals surface area (Å²) in [5, 5.41) is 0. The smallest absolute Gasteiger partial charge is 0.341 e. The zero-order valence-corrected chi connectivity index (χ0v) is 11.8. The molecule has 1 aromatic heterocycles. The summed E-state index contributed by atoms with van der Waals surface area (Å²) in [7, 11) is 6.21. The maximum atomic E-state index is 12.0. The zero-order valence-electron chi connectivity index (χ0n) is 11.8. The van der Waals surface area contributed by atoms with Crippen molar-refractivity contribution in [3.05, 3.63) is 32.9 Å². The van der Waals surface area contributed by atoms with Crippen molar-refractivity contribution < 1.29 is 23.4 Å². The molecule has 0 fully saturated rings. The summed E-state index contributed by atoms with van der Waals surface area (Å²) in [6.07, 6.45) is 0. The van der Waals surface area contributed by atoms with E-state index in [0.29, 0.717) is 24.5 Å². The molecule has 108 valence electrons. The number of rotatable bonds is 8. The molecule has 0 unspecified atom stereocenters. The first-order valence-electron chi connectivity index (χ1n) is 5.81. The second-order valence-corrected chi connectivity index (χ2v) is 3.98. The Hall–Kier alpha value is -1.21. The highest BCUT2D eigenvalue weighted by atomic mass is 16.5. The molecule has 0 radical (unpaired) electrons. The van der Waals surface area contributed by atoms with Gasteiger partial charge in [0.1, 0.15) is 12.4 Å². The molecule has 0 aromatic carbocycles. The Kier molecular flexibility index (Phi) is 6.72. The van der Waals surface area contributed by atoms with Gasteiger partial charge in [-0.05, 0) is 5.56 Å². The Morgan fingerprint density at radius 1 is 0.737 bits per heavy atom. The van der Waals surface area contributed by atoms with Gasteiger partial charge in [0, 0.05) is 34.0 Å². The molecule has 1 heterocycles. The maximum Gasteiger partial charge on any atom is 0.341 e. The number of ether oxygens (including phenoxy) is 4. The quantitative estimate of drug-likeness (QED) is 0.709. The van der Waals surface area contributed by atoms with Gasteiger partial charge in [-0.25, -0.2) is 4.79 Å². The van der Waals surface area contributed by atoms with Crippen molar-refractivity contribution in [1.82, 2.24) is 0 Å². The molecule has 0 amide bonds. The topological polar surface area (TPSA) is 67.1 Å². The van der Waals surface area contributed by atoms with Gasteiger partial charge in [0.25, 0.3) is 0 Å². The normalized spacial score (nSPS) is 10.9. The van der Waals surface area contributed by atoms with Crippen LogP contribution in [0.5, 0.6) is 0 Å². The lowest BCUT2D eigenvalue weighted by molar-refractivity contribution is 0.133. The monoisotopic (exact) mass is 272 g/mol. The molecular weight excluding hydrogens is 252 g/mol. The highest BCUT2D eigenvalue weighted by Crippen LogP contribution is 2.20. The largest absolute Gasteiger partial charge is 0.425 e. The number of methoxy groups -OCH3 is 4. The average molecular weight is 272 g/mol. The van der Waals surface area contributed by atoms with E-state index in [-0.39, 0.29) is 13.2 Å². The van der Waals surface area contributed by atoms with Gasteiger partial charge in [-0.15, -0.1) is 0 Å².